The van der Waals surface area contributed by atoms with Gasteiger partial charge in [-0.25, -0.2) is 12.8 Å². The lowest BCUT2D eigenvalue weighted by atomic mass is 10.1. The molecule has 0 bridgehead atoms. The van der Waals surface area contributed by atoms with Crippen molar-refractivity contribution in [3.8, 4) is 0 Å². The largest absolute Gasteiger partial charge is 0.759 e. The molecule has 0 heterocycles. The number of hydrogen-bond donors (Lipinski definition) is 1. The first-order valence-corrected chi connectivity index (χ1v) is 11.0. The highest BCUT2D eigenvalue weighted by Crippen LogP contribution is 2.24. The van der Waals surface area contributed by atoms with Crippen LogP contribution in [0.25, 0.3) is 0 Å². The molecule has 3 rings (SSSR count). The van der Waals surface area contributed by atoms with Gasteiger partial charge in [-0.15, -0.1) is 0 Å². The van der Waals surface area contributed by atoms with Gasteiger partial charge in [-0.1, -0.05) is 36.4 Å². The van der Waals surface area contributed by atoms with E-state index in [4.69, 9.17) is 0 Å². The molecule has 0 atom stereocenters. The number of rotatable bonds is 7. The van der Waals surface area contributed by atoms with Gasteiger partial charge in [-0.2, -0.15) is 4.31 Å². The standard InChI is InChI=1S/C23H22FN2O4S/c1-16-5-3-4-6-20(16)15-26(14-18-7-9-19(10-8-18)23(27)25-28)31(29,30)21-11-12-22(24)17(2)13-21/h3-13H,14-15H2,1-2H3,(H-,25,27,28)/q-1. The average molecular weight is 442 g/mol. The van der Waals surface area contributed by atoms with Gasteiger partial charge < -0.3 is 10.7 Å². The third-order valence-electron chi connectivity index (χ3n) is 5.04. The Morgan fingerprint density at radius 1 is 0.968 bits per heavy atom. The Labute approximate surface area is 181 Å². The minimum absolute atomic E-state index is 0.00216. The molecule has 0 aliphatic rings. The molecule has 162 valence electrons. The van der Waals surface area contributed by atoms with E-state index in [9.17, 15) is 22.8 Å². The van der Waals surface area contributed by atoms with Gasteiger partial charge in [0.15, 0.2) is 0 Å². The maximum atomic E-state index is 13.7. The molecule has 0 fully saturated rings. The maximum absolute atomic E-state index is 13.7. The molecule has 0 radical (unpaired) electrons. The van der Waals surface area contributed by atoms with Gasteiger partial charge in [0.25, 0.3) is 0 Å². The van der Waals surface area contributed by atoms with E-state index in [1.165, 1.54) is 41.0 Å². The van der Waals surface area contributed by atoms with E-state index < -0.39 is 21.7 Å². The Bertz CT molecular complexity index is 1190. The topological polar surface area (TPSA) is 89.5 Å². The van der Waals surface area contributed by atoms with Gasteiger partial charge >= 0.3 is 0 Å². The van der Waals surface area contributed by atoms with Crippen LogP contribution in [0.15, 0.2) is 71.6 Å². The van der Waals surface area contributed by atoms with Crippen molar-refractivity contribution in [2.24, 2.45) is 0 Å². The van der Waals surface area contributed by atoms with Crippen LogP contribution in [0, 0.1) is 24.9 Å². The number of hydroxylamine groups is 1. The molecule has 6 nitrogen and oxygen atoms in total. The van der Waals surface area contributed by atoms with Crippen LogP contribution in [0.4, 0.5) is 4.39 Å². The number of sulfonamides is 1. The molecule has 3 aromatic carbocycles. The van der Waals surface area contributed by atoms with E-state index in [-0.39, 0.29) is 29.1 Å². The summed E-state index contributed by atoms with van der Waals surface area (Å²) in [6.07, 6.45) is 0. The van der Waals surface area contributed by atoms with Gasteiger partial charge in [0.2, 0.25) is 15.9 Å². The first kappa shape index (κ1) is 22.6. The minimum atomic E-state index is -3.95. The second-order valence-electron chi connectivity index (χ2n) is 7.24. The Balaban J connectivity index is 1.99. The highest BCUT2D eigenvalue weighted by molar-refractivity contribution is 7.89. The van der Waals surface area contributed by atoms with Gasteiger partial charge in [-0.3, -0.25) is 4.79 Å². The molecule has 0 aromatic heterocycles. The molecule has 0 saturated carbocycles. The molecule has 8 heteroatoms. The smallest absolute Gasteiger partial charge is 0.243 e. The monoisotopic (exact) mass is 441 g/mol. The molecule has 3 aromatic rings. The first-order chi connectivity index (χ1) is 14.7. The molecular formula is C23H22FN2O4S-. The van der Waals surface area contributed by atoms with Crippen LogP contribution in [-0.4, -0.2) is 18.6 Å². The van der Waals surface area contributed by atoms with Crippen LogP contribution in [0.2, 0.25) is 0 Å². The fourth-order valence-electron chi connectivity index (χ4n) is 3.15. The summed E-state index contributed by atoms with van der Waals surface area (Å²) in [6.45, 7) is 3.57. The first-order valence-electron chi connectivity index (χ1n) is 9.54. The maximum Gasteiger partial charge on any atom is 0.243 e. The molecular weight excluding hydrogens is 419 g/mol. The molecule has 31 heavy (non-hydrogen) atoms. The summed E-state index contributed by atoms with van der Waals surface area (Å²) in [4.78, 5) is 11.5. The second-order valence-corrected chi connectivity index (χ2v) is 9.18. The predicted molar refractivity (Wildman–Crippen MR) is 116 cm³/mol. The van der Waals surface area contributed by atoms with Crippen molar-refractivity contribution in [1.82, 2.24) is 9.79 Å². The zero-order valence-corrected chi connectivity index (χ0v) is 17.9. The van der Waals surface area contributed by atoms with Crippen LogP contribution in [0.1, 0.15) is 32.6 Å². The number of carbonyl (C=O) groups is 1. The van der Waals surface area contributed by atoms with E-state index in [1.807, 2.05) is 31.2 Å². The third-order valence-corrected chi connectivity index (χ3v) is 6.83. The summed E-state index contributed by atoms with van der Waals surface area (Å²) in [5, 5.41) is 10.6. The number of amides is 1. The molecule has 1 N–H and O–H groups in total. The third kappa shape index (κ3) is 5.16. The molecule has 0 unspecified atom stereocenters. The molecule has 0 aliphatic heterocycles. The molecule has 0 saturated heterocycles. The van der Waals surface area contributed by atoms with Crippen LogP contribution in [-0.2, 0) is 23.1 Å². The van der Waals surface area contributed by atoms with Crippen molar-refractivity contribution in [1.29, 1.82) is 0 Å². The normalized spacial score (nSPS) is 11.5. The lowest BCUT2D eigenvalue weighted by Crippen LogP contribution is -2.30. The average Bonchev–Trinajstić information content (AvgIpc) is 2.76. The van der Waals surface area contributed by atoms with E-state index >= 15 is 0 Å². The van der Waals surface area contributed by atoms with Gasteiger partial charge in [0.1, 0.15) is 5.82 Å². The van der Waals surface area contributed by atoms with Gasteiger partial charge in [0, 0.05) is 18.7 Å². The summed E-state index contributed by atoms with van der Waals surface area (Å²) in [6, 6.07) is 17.3. The quantitative estimate of drug-likeness (QED) is 0.560. The minimum Gasteiger partial charge on any atom is -0.759 e. The van der Waals surface area contributed by atoms with E-state index in [1.54, 1.807) is 12.1 Å². The summed E-state index contributed by atoms with van der Waals surface area (Å²) < 4.78 is 41.9. The Kier molecular flexibility index (Phi) is 6.84. The van der Waals surface area contributed by atoms with E-state index in [0.717, 1.165) is 17.2 Å². The number of nitrogens with one attached hydrogen (secondary N) is 1. The van der Waals surface area contributed by atoms with Crippen molar-refractivity contribution >= 4 is 15.9 Å². The molecule has 1 amide bonds. The Morgan fingerprint density at radius 2 is 1.65 bits per heavy atom. The predicted octanol–water partition coefficient (Wildman–Crippen LogP) is 4.06. The fourth-order valence-corrected chi connectivity index (χ4v) is 4.65. The lowest BCUT2D eigenvalue weighted by molar-refractivity contribution is 0.0970. The molecule has 0 aliphatic carbocycles. The highest BCUT2D eigenvalue weighted by Gasteiger charge is 2.26. The lowest BCUT2D eigenvalue weighted by Gasteiger charge is -2.24. The zero-order valence-electron chi connectivity index (χ0n) is 17.1. The Morgan fingerprint density at radius 3 is 2.26 bits per heavy atom. The van der Waals surface area contributed by atoms with Crippen molar-refractivity contribution in [3.05, 3.63) is 106 Å². The van der Waals surface area contributed by atoms with E-state index in [2.05, 4.69) is 0 Å². The zero-order chi connectivity index (χ0) is 22.6. The van der Waals surface area contributed by atoms with Crippen molar-refractivity contribution < 1.29 is 17.6 Å². The van der Waals surface area contributed by atoms with Gasteiger partial charge in [0.05, 0.1) is 4.90 Å². The summed E-state index contributed by atoms with van der Waals surface area (Å²) in [7, 11) is -3.95. The SMILES string of the molecule is Cc1cc(S(=O)(=O)N(Cc2ccc(C(=O)N[O-])cc2)Cc2ccccc2C)ccc1F. The van der Waals surface area contributed by atoms with Crippen molar-refractivity contribution in [2.75, 3.05) is 0 Å². The molecule has 0 spiro atoms. The van der Waals surface area contributed by atoms with Crippen LogP contribution < -0.4 is 5.48 Å². The van der Waals surface area contributed by atoms with Crippen LogP contribution >= 0.6 is 0 Å². The number of nitrogens with zero attached hydrogens (tertiary/aromatic N) is 1. The number of halogens is 1. The van der Waals surface area contributed by atoms with Crippen molar-refractivity contribution in [2.45, 2.75) is 31.8 Å². The fraction of sp³-hybridized carbons (Fsp3) is 0.174. The van der Waals surface area contributed by atoms with Crippen LogP contribution in [0.3, 0.4) is 0 Å². The number of benzene rings is 3. The number of hydrogen-bond acceptors (Lipinski definition) is 4. The number of aryl methyl sites for hydroxylation is 2. The second kappa shape index (κ2) is 9.38. The van der Waals surface area contributed by atoms with E-state index in [0.29, 0.717) is 5.56 Å². The van der Waals surface area contributed by atoms with Gasteiger partial charge in [-0.05, 0) is 66.4 Å². The number of carbonyl (C=O) groups excluding carboxylic acids is 1. The van der Waals surface area contributed by atoms with Crippen LogP contribution in [0.5, 0.6) is 0 Å². The summed E-state index contributed by atoms with van der Waals surface area (Å²) >= 11 is 0. The Hall–Kier alpha value is -3.07. The highest BCUT2D eigenvalue weighted by atomic mass is 32.2. The van der Waals surface area contributed by atoms with Crippen molar-refractivity contribution in [3.63, 3.8) is 0 Å². The summed E-state index contributed by atoms with van der Waals surface area (Å²) in [5.74, 6) is -1.24. The summed E-state index contributed by atoms with van der Waals surface area (Å²) in [5.41, 5.74) is 4.15.